The van der Waals surface area contributed by atoms with E-state index in [-0.39, 0.29) is 0 Å². The number of nitrogens with zero attached hydrogens (tertiary/aromatic N) is 2. The van der Waals surface area contributed by atoms with Crippen molar-refractivity contribution >= 4 is 28.8 Å². The number of piperidine rings is 1. The maximum absolute atomic E-state index is 5.95. The topological polar surface area (TPSA) is 28.2 Å². The zero-order valence-corrected chi connectivity index (χ0v) is 12.8. The Morgan fingerprint density at radius 3 is 2.75 bits per heavy atom. The Morgan fingerprint density at radius 2 is 2.10 bits per heavy atom. The molecular weight excluding hydrogens is 290 g/mol. The van der Waals surface area contributed by atoms with Gasteiger partial charge in [-0.15, -0.1) is 11.3 Å². The molecule has 3 heterocycles. The van der Waals surface area contributed by atoms with Gasteiger partial charge in [0.05, 0.1) is 4.34 Å². The van der Waals surface area contributed by atoms with E-state index in [1.165, 1.54) is 4.88 Å². The molecule has 3 rings (SSSR count). The Bertz CT molecular complexity index is 535. The molecule has 0 aromatic carbocycles. The first kappa shape index (κ1) is 13.9. The van der Waals surface area contributed by atoms with Crippen LogP contribution in [0.1, 0.15) is 17.7 Å². The van der Waals surface area contributed by atoms with E-state index in [1.807, 2.05) is 24.4 Å². The van der Waals surface area contributed by atoms with Crippen LogP contribution in [0.4, 0.5) is 5.82 Å². The lowest BCUT2D eigenvalue weighted by Crippen LogP contribution is -2.42. The van der Waals surface area contributed by atoms with Gasteiger partial charge in [-0.25, -0.2) is 4.98 Å². The van der Waals surface area contributed by atoms with Gasteiger partial charge in [0.25, 0.3) is 0 Å². The van der Waals surface area contributed by atoms with Crippen molar-refractivity contribution in [2.24, 2.45) is 0 Å². The Labute approximate surface area is 128 Å². The number of hydrogen-bond donors (Lipinski definition) is 1. The summed E-state index contributed by atoms with van der Waals surface area (Å²) < 4.78 is 0.867. The molecule has 1 fully saturated rings. The molecule has 106 valence electrons. The summed E-state index contributed by atoms with van der Waals surface area (Å²) in [5.74, 6) is 1.09. The normalized spacial score (nSPS) is 16.6. The van der Waals surface area contributed by atoms with Crippen molar-refractivity contribution in [1.29, 1.82) is 0 Å². The summed E-state index contributed by atoms with van der Waals surface area (Å²) in [7, 11) is 0. The van der Waals surface area contributed by atoms with Crippen molar-refractivity contribution in [3.63, 3.8) is 0 Å². The maximum atomic E-state index is 5.95. The van der Waals surface area contributed by atoms with E-state index < -0.39 is 0 Å². The zero-order valence-electron chi connectivity index (χ0n) is 11.3. The van der Waals surface area contributed by atoms with E-state index in [1.54, 1.807) is 11.3 Å². The summed E-state index contributed by atoms with van der Waals surface area (Å²) in [5.41, 5.74) is 0. The van der Waals surface area contributed by atoms with Gasteiger partial charge in [-0.05, 0) is 37.1 Å². The molecule has 1 aliphatic rings. The largest absolute Gasteiger partial charge is 0.357 e. The lowest BCUT2D eigenvalue weighted by atomic mass is 10.1. The summed E-state index contributed by atoms with van der Waals surface area (Å²) in [6.07, 6.45) is 4.19. The van der Waals surface area contributed by atoms with Crippen LogP contribution in [0.5, 0.6) is 0 Å². The quantitative estimate of drug-likeness (QED) is 0.936. The third-order valence-electron chi connectivity index (χ3n) is 3.66. The molecule has 0 unspecified atom stereocenters. The fourth-order valence-corrected chi connectivity index (χ4v) is 3.58. The zero-order chi connectivity index (χ0) is 13.8. The molecule has 0 spiro atoms. The Hall–Kier alpha value is -1.10. The van der Waals surface area contributed by atoms with Crippen LogP contribution in [0, 0.1) is 0 Å². The molecule has 0 atom stereocenters. The first-order valence-electron chi connectivity index (χ1n) is 6.95. The molecule has 20 heavy (non-hydrogen) atoms. The minimum atomic E-state index is 0.593. The molecule has 3 nitrogen and oxygen atoms in total. The predicted molar refractivity (Wildman–Crippen MR) is 85.6 cm³/mol. The van der Waals surface area contributed by atoms with Crippen molar-refractivity contribution in [1.82, 2.24) is 10.3 Å². The molecule has 0 aliphatic carbocycles. The lowest BCUT2D eigenvalue weighted by Gasteiger charge is -2.33. The van der Waals surface area contributed by atoms with E-state index in [9.17, 15) is 0 Å². The predicted octanol–water partition coefficient (Wildman–Crippen LogP) is 3.56. The number of aromatic nitrogens is 1. The SMILES string of the molecule is Clc1ccc(CNC2CCN(c3ccccn3)CC2)s1. The van der Waals surface area contributed by atoms with Crippen molar-refractivity contribution < 1.29 is 0 Å². The highest BCUT2D eigenvalue weighted by Crippen LogP contribution is 2.22. The van der Waals surface area contributed by atoms with Gasteiger partial charge in [0, 0.05) is 36.8 Å². The third-order valence-corrected chi connectivity index (χ3v) is 4.89. The average Bonchev–Trinajstić information content (AvgIpc) is 2.92. The highest BCUT2D eigenvalue weighted by atomic mass is 35.5. The molecule has 1 saturated heterocycles. The molecular formula is C15H18ClN3S. The molecule has 0 saturated carbocycles. The second-order valence-corrected chi connectivity index (χ2v) is 6.84. The maximum Gasteiger partial charge on any atom is 0.128 e. The van der Waals surface area contributed by atoms with Gasteiger partial charge in [-0.2, -0.15) is 0 Å². The van der Waals surface area contributed by atoms with Gasteiger partial charge in [0.2, 0.25) is 0 Å². The van der Waals surface area contributed by atoms with E-state index in [2.05, 4.69) is 27.3 Å². The van der Waals surface area contributed by atoms with E-state index in [4.69, 9.17) is 11.6 Å². The van der Waals surface area contributed by atoms with Crippen molar-refractivity contribution in [2.45, 2.75) is 25.4 Å². The van der Waals surface area contributed by atoms with Crippen LogP contribution in [-0.4, -0.2) is 24.1 Å². The van der Waals surface area contributed by atoms with Crippen molar-refractivity contribution in [3.8, 4) is 0 Å². The smallest absolute Gasteiger partial charge is 0.128 e. The van der Waals surface area contributed by atoms with E-state index in [0.717, 1.165) is 42.6 Å². The number of pyridine rings is 1. The summed E-state index contributed by atoms with van der Waals surface area (Å²) in [4.78, 5) is 8.09. The number of hydrogen-bond acceptors (Lipinski definition) is 4. The number of rotatable bonds is 4. The number of halogens is 1. The standard InChI is InChI=1S/C15H18ClN3S/c16-14-5-4-13(20-14)11-18-12-6-9-19(10-7-12)15-3-1-2-8-17-15/h1-5,8,12,18H,6-7,9-11H2. The second-order valence-electron chi connectivity index (χ2n) is 5.04. The molecule has 5 heteroatoms. The minimum Gasteiger partial charge on any atom is -0.357 e. The number of thiophene rings is 1. The summed E-state index contributed by atoms with van der Waals surface area (Å²) >= 11 is 7.60. The van der Waals surface area contributed by atoms with Crippen LogP contribution in [0.2, 0.25) is 4.34 Å². The van der Waals surface area contributed by atoms with Crippen LogP contribution >= 0.6 is 22.9 Å². The lowest BCUT2D eigenvalue weighted by molar-refractivity contribution is 0.414. The Morgan fingerprint density at radius 1 is 1.25 bits per heavy atom. The van der Waals surface area contributed by atoms with Crippen LogP contribution < -0.4 is 10.2 Å². The second kappa shape index (κ2) is 6.57. The monoisotopic (exact) mass is 307 g/mol. The van der Waals surface area contributed by atoms with Gasteiger partial charge in [0.15, 0.2) is 0 Å². The molecule has 2 aromatic rings. The van der Waals surface area contributed by atoms with Crippen molar-refractivity contribution in [3.05, 3.63) is 45.7 Å². The first-order valence-corrected chi connectivity index (χ1v) is 8.14. The Balaban J connectivity index is 1.47. The molecule has 0 bridgehead atoms. The highest BCUT2D eigenvalue weighted by Gasteiger charge is 2.19. The average molecular weight is 308 g/mol. The molecule has 0 amide bonds. The fourth-order valence-electron chi connectivity index (χ4n) is 2.55. The van der Waals surface area contributed by atoms with Gasteiger partial charge in [-0.3, -0.25) is 0 Å². The summed E-state index contributed by atoms with van der Waals surface area (Å²) in [6.45, 7) is 3.06. The number of nitrogens with one attached hydrogen (secondary N) is 1. The van der Waals surface area contributed by atoms with Crippen LogP contribution in [0.3, 0.4) is 0 Å². The summed E-state index contributed by atoms with van der Waals surface area (Å²) in [6, 6.07) is 10.8. The molecule has 1 aliphatic heterocycles. The first-order chi connectivity index (χ1) is 9.81. The summed E-state index contributed by atoms with van der Waals surface area (Å²) in [5, 5.41) is 3.63. The molecule has 0 radical (unpaired) electrons. The van der Waals surface area contributed by atoms with Crippen LogP contribution in [0.15, 0.2) is 36.5 Å². The van der Waals surface area contributed by atoms with Crippen LogP contribution in [0.25, 0.3) is 0 Å². The van der Waals surface area contributed by atoms with E-state index in [0.29, 0.717) is 6.04 Å². The van der Waals surface area contributed by atoms with Crippen LogP contribution in [-0.2, 0) is 6.54 Å². The fraction of sp³-hybridized carbons (Fsp3) is 0.400. The molecule has 2 aromatic heterocycles. The minimum absolute atomic E-state index is 0.593. The van der Waals surface area contributed by atoms with Gasteiger partial charge >= 0.3 is 0 Å². The molecule has 1 N–H and O–H groups in total. The van der Waals surface area contributed by atoms with Gasteiger partial charge in [-0.1, -0.05) is 17.7 Å². The third kappa shape index (κ3) is 3.51. The van der Waals surface area contributed by atoms with Crippen molar-refractivity contribution in [2.75, 3.05) is 18.0 Å². The van der Waals surface area contributed by atoms with Gasteiger partial charge < -0.3 is 10.2 Å². The van der Waals surface area contributed by atoms with E-state index >= 15 is 0 Å². The number of anilines is 1. The van der Waals surface area contributed by atoms with Gasteiger partial charge in [0.1, 0.15) is 5.82 Å². The highest BCUT2D eigenvalue weighted by molar-refractivity contribution is 7.16. The Kier molecular flexibility index (Phi) is 4.55.